The van der Waals surface area contributed by atoms with Crippen molar-refractivity contribution in [1.82, 2.24) is 4.57 Å². The minimum Gasteiger partial charge on any atom is -0.497 e. The molecule has 0 bridgehead atoms. The van der Waals surface area contributed by atoms with Crippen molar-refractivity contribution < 1.29 is 27.8 Å². The van der Waals surface area contributed by atoms with Gasteiger partial charge in [0.05, 0.1) is 19.2 Å². The van der Waals surface area contributed by atoms with Crippen LogP contribution in [0.15, 0.2) is 95.8 Å². The molecular formula is C34H26ClF3N2O4. The van der Waals surface area contributed by atoms with E-state index in [9.17, 15) is 27.9 Å². The van der Waals surface area contributed by atoms with Crippen molar-refractivity contribution in [3.05, 3.63) is 129 Å². The molecule has 0 fully saturated rings. The van der Waals surface area contributed by atoms with Crippen molar-refractivity contribution in [3.8, 4) is 16.9 Å². The van der Waals surface area contributed by atoms with Crippen molar-refractivity contribution in [2.24, 2.45) is 0 Å². The van der Waals surface area contributed by atoms with Crippen LogP contribution in [0.25, 0.3) is 21.9 Å². The second-order valence-electron chi connectivity index (χ2n) is 10.6. The van der Waals surface area contributed by atoms with Crippen molar-refractivity contribution >= 4 is 34.2 Å². The van der Waals surface area contributed by atoms with Gasteiger partial charge in [0.25, 0.3) is 5.56 Å². The normalized spacial score (nSPS) is 14.6. The van der Waals surface area contributed by atoms with Crippen molar-refractivity contribution in [2.75, 3.05) is 18.6 Å². The van der Waals surface area contributed by atoms with Crippen LogP contribution in [0.4, 0.5) is 19.0 Å². The standard InChI is InChI=1S/C34H26ClF3N2O4/c1-44-25-13-4-7-20(15-25)18-39-19-28(33(42)43)40-31(39)29(23-11-6-12-24(16-23)34(36,37)38)27(30(35)32(40)41)17-22-10-5-9-21-8-2-3-14-26(21)22/h2-16,28H,17-19H2,1H3,(H,42,43). The molecule has 6 nitrogen and oxygen atoms in total. The summed E-state index contributed by atoms with van der Waals surface area (Å²) in [6.07, 6.45) is -4.51. The number of carboxylic acids is 1. The Labute approximate surface area is 255 Å². The third-order valence-electron chi connectivity index (χ3n) is 7.95. The first-order chi connectivity index (χ1) is 21.1. The van der Waals surface area contributed by atoms with Gasteiger partial charge in [0, 0.05) is 18.5 Å². The number of ether oxygens (including phenoxy) is 1. The zero-order valence-corrected chi connectivity index (χ0v) is 24.2. The summed E-state index contributed by atoms with van der Waals surface area (Å²) in [5.74, 6) is -0.474. The minimum atomic E-state index is -4.63. The van der Waals surface area contributed by atoms with Gasteiger partial charge in [-0.3, -0.25) is 9.36 Å². The number of hydrogen-bond acceptors (Lipinski definition) is 4. The van der Waals surface area contributed by atoms with E-state index >= 15 is 0 Å². The highest BCUT2D eigenvalue weighted by Gasteiger charge is 2.39. The van der Waals surface area contributed by atoms with Gasteiger partial charge in [0.15, 0.2) is 6.04 Å². The number of fused-ring (bicyclic) bond motifs is 2. The molecule has 1 unspecified atom stereocenters. The SMILES string of the molecule is COc1cccc(CN2CC(C(=O)O)n3c2c(-c2cccc(C(F)(F)F)c2)c(Cc2cccc4ccccc24)c(Cl)c3=O)c1. The Morgan fingerprint density at radius 1 is 1.00 bits per heavy atom. The summed E-state index contributed by atoms with van der Waals surface area (Å²) in [5.41, 5.74) is 0.750. The lowest BCUT2D eigenvalue weighted by atomic mass is 9.92. The van der Waals surface area contributed by atoms with Crippen LogP contribution in [0, 0.1) is 0 Å². The molecular weight excluding hydrogens is 593 g/mol. The van der Waals surface area contributed by atoms with E-state index in [1.54, 1.807) is 23.1 Å². The molecule has 1 aromatic heterocycles. The van der Waals surface area contributed by atoms with E-state index < -0.39 is 29.3 Å². The maximum Gasteiger partial charge on any atom is 0.416 e. The van der Waals surface area contributed by atoms with Gasteiger partial charge in [-0.15, -0.1) is 0 Å². The lowest BCUT2D eigenvalue weighted by molar-refractivity contribution is -0.140. The van der Waals surface area contributed by atoms with Gasteiger partial charge in [-0.05, 0) is 57.3 Å². The predicted octanol–water partition coefficient (Wildman–Crippen LogP) is 7.59. The molecule has 1 aliphatic rings. The first-order valence-electron chi connectivity index (χ1n) is 13.8. The Hall–Kier alpha value is -4.76. The molecule has 5 aromatic rings. The largest absolute Gasteiger partial charge is 0.497 e. The van der Waals surface area contributed by atoms with Crippen LogP contribution in [0.3, 0.4) is 0 Å². The molecule has 2 heterocycles. The average Bonchev–Trinajstić information content (AvgIpc) is 3.39. The summed E-state index contributed by atoms with van der Waals surface area (Å²) in [4.78, 5) is 28.1. The van der Waals surface area contributed by atoms with E-state index in [4.69, 9.17) is 16.3 Å². The summed E-state index contributed by atoms with van der Waals surface area (Å²) in [6, 6.07) is 24.0. The summed E-state index contributed by atoms with van der Waals surface area (Å²) in [6.45, 7) is 0.0729. The van der Waals surface area contributed by atoms with Crippen LogP contribution in [0.2, 0.25) is 5.02 Å². The van der Waals surface area contributed by atoms with E-state index in [0.717, 1.165) is 38.6 Å². The van der Waals surface area contributed by atoms with Gasteiger partial charge in [-0.2, -0.15) is 13.2 Å². The fraction of sp³-hybridized carbons (Fsp3) is 0.176. The molecule has 0 saturated carbocycles. The van der Waals surface area contributed by atoms with Crippen LogP contribution in [0.5, 0.6) is 5.75 Å². The zero-order valence-electron chi connectivity index (χ0n) is 23.4. The highest BCUT2D eigenvalue weighted by molar-refractivity contribution is 6.32. The Bertz CT molecular complexity index is 1970. The topological polar surface area (TPSA) is 71.8 Å². The number of carbonyl (C=O) groups is 1. The molecule has 6 rings (SSSR count). The number of alkyl halides is 3. The fourth-order valence-corrected chi connectivity index (χ4v) is 6.20. The molecule has 0 amide bonds. The second kappa shape index (κ2) is 11.4. The molecule has 0 saturated heterocycles. The van der Waals surface area contributed by atoms with Gasteiger partial charge in [-0.1, -0.05) is 78.3 Å². The molecule has 1 N–H and O–H groups in total. The third-order valence-corrected chi connectivity index (χ3v) is 8.34. The summed E-state index contributed by atoms with van der Waals surface area (Å²) < 4.78 is 48.3. The molecule has 0 aliphatic carbocycles. The van der Waals surface area contributed by atoms with Crippen LogP contribution in [0.1, 0.15) is 28.3 Å². The van der Waals surface area contributed by atoms with E-state index in [-0.39, 0.29) is 41.5 Å². The molecule has 44 heavy (non-hydrogen) atoms. The quantitative estimate of drug-likeness (QED) is 0.204. The molecule has 0 spiro atoms. The number of halogens is 4. The Morgan fingerprint density at radius 2 is 1.73 bits per heavy atom. The van der Waals surface area contributed by atoms with E-state index in [0.29, 0.717) is 11.3 Å². The first-order valence-corrected chi connectivity index (χ1v) is 14.2. The van der Waals surface area contributed by atoms with Gasteiger partial charge in [-0.25, -0.2) is 4.79 Å². The number of pyridine rings is 1. The maximum absolute atomic E-state index is 13.9. The van der Waals surface area contributed by atoms with E-state index in [1.165, 1.54) is 19.2 Å². The van der Waals surface area contributed by atoms with Crippen LogP contribution >= 0.6 is 11.6 Å². The highest BCUT2D eigenvalue weighted by atomic mass is 35.5. The highest BCUT2D eigenvalue weighted by Crippen LogP contribution is 2.44. The number of benzene rings is 4. The summed E-state index contributed by atoms with van der Waals surface area (Å²) >= 11 is 6.80. The lowest BCUT2D eigenvalue weighted by Crippen LogP contribution is -2.29. The zero-order chi connectivity index (χ0) is 31.2. The fourth-order valence-electron chi connectivity index (χ4n) is 5.95. The maximum atomic E-state index is 13.9. The average molecular weight is 619 g/mol. The number of carboxylic acid groups (broad SMARTS) is 1. The molecule has 0 radical (unpaired) electrons. The van der Waals surface area contributed by atoms with Crippen molar-refractivity contribution in [3.63, 3.8) is 0 Å². The van der Waals surface area contributed by atoms with Gasteiger partial charge in [0.2, 0.25) is 0 Å². The molecule has 1 aliphatic heterocycles. The number of nitrogens with zero attached hydrogens (tertiary/aromatic N) is 2. The van der Waals surface area contributed by atoms with Crippen molar-refractivity contribution in [2.45, 2.75) is 25.2 Å². The monoisotopic (exact) mass is 618 g/mol. The van der Waals surface area contributed by atoms with Gasteiger partial charge < -0.3 is 14.7 Å². The van der Waals surface area contributed by atoms with Crippen molar-refractivity contribution in [1.29, 1.82) is 0 Å². The summed E-state index contributed by atoms with van der Waals surface area (Å²) in [7, 11) is 1.53. The first kappa shape index (κ1) is 29.3. The molecule has 224 valence electrons. The van der Waals surface area contributed by atoms with Gasteiger partial charge in [0.1, 0.15) is 16.6 Å². The number of aliphatic carboxylic acids is 1. The Balaban J connectivity index is 1.64. The predicted molar refractivity (Wildman–Crippen MR) is 164 cm³/mol. The van der Waals surface area contributed by atoms with Crippen LogP contribution < -0.4 is 15.2 Å². The minimum absolute atomic E-state index is 0.0954. The number of aromatic nitrogens is 1. The second-order valence-corrected chi connectivity index (χ2v) is 11.0. The lowest BCUT2D eigenvalue weighted by Gasteiger charge is -2.25. The number of methoxy groups -OCH3 is 1. The smallest absolute Gasteiger partial charge is 0.416 e. The third kappa shape index (κ3) is 5.28. The molecule has 4 aromatic carbocycles. The Kier molecular flexibility index (Phi) is 7.59. The van der Waals surface area contributed by atoms with Gasteiger partial charge >= 0.3 is 12.1 Å². The van der Waals surface area contributed by atoms with Crippen LogP contribution in [-0.2, 0) is 23.9 Å². The number of rotatable bonds is 7. The van der Waals surface area contributed by atoms with Crippen LogP contribution in [-0.4, -0.2) is 29.3 Å². The summed E-state index contributed by atoms with van der Waals surface area (Å²) in [5, 5.41) is 11.8. The molecule has 1 atom stereocenters. The Morgan fingerprint density at radius 3 is 2.48 bits per heavy atom. The number of hydrogen-bond donors (Lipinski definition) is 1. The van der Waals surface area contributed by atoms with E-state index in [1.807, 2.05) is 48.5 Å². The molecule has 10 heteroatoms. The number of anilines is 1. The van der Waals surface area contributed by atoms with E-state index in [2.05, 4.69) is 0 Å².